The number of hydrogen-bond acceptors (Lipinski definition) is 4. The Morgan fingerprint density at radius 2 is 2.00 bits per heavy atom. The highest BCUT2D eigenvalue weighted by Crippen LogP contribution is 2.13. The van der Waals surface area contributed by atoms with Gasteiger partial charge in [-0.25, -0.2) is 0 Å². The van der Waals surface area contributed by atoms with Crippen molar-refractivity contribution in [3.05, 3.63) is 65.2 Å². The Bertz CT molecular complexity index is 768. The topological polar surface area (TPSA) is 79.5 Å². The van der Waals surface area contributed by atoms with Crippen LogP contribution in [-0.4, -0.2) is 37.6 Å². The van der Waals surface area contributed by atoms with E-state index in [2.05, 4.69) is 16.0 Å². The summed E-state index contributed by atoms with van der Waals surface area (Å²) in [7, 11) is 0. The Kier molecular flexibility index (Phi) is 5.99. The van der Waals surface area contributed by atoms with Crippen molar-refractivity contribution in [1.29, 1.82) is 0 Å². The summed E-state index contributed by atoms with van der Waals surface area (Å²) in [6, 6.07) is 14.6. The van der Waals surface area contributed by atoms with Gasteiger partial charge >= 0.3 is 0 Å². The molecule has 1 heterocycles. The van der Waals surface area contributed by atoms with E-state index in [1.165, 1.54) is 0 Å². The minimum Gasteiger partial charge on any atom is -0.378 e. The molecule has 0 saturated carbocycles. The second-order valence-electron chi connectivity index (χ2n) is 6.32. The van der Waals surface area contributed by atoms with Gasteiger partial charge in [0.2, 0.25) is 5.91 Å². The predicted molar refractivity (Wildman–Crippen MR) is 100 cm³/mol. The molecular formula is C20H23N3O3. The normalized spacial score (nSPS) is 16.7. The van der Waals surface area contributed by atoms with Crippen LogP contribution in [0, 0.1) is 6.92 Å². The largest absolute Gasteiger partial charge is 0.378 e. The van der Waals surface area contributed by atoms with E-state index < -0.39 is 0 Å². The van der Waals surface area contributed by atoms with Crippen molar-refractivity contribution in [3.63, 3.8) is 0 Å². The molecule has 0 aromatic heterocycles. The van der Waals surface area contributed by atoms with Crippen LogP contribution in [0.3, 0.4) is 0 Å². The number of amides is 2. The monoisotopic (exact) mass is 353 g/mol. The molecule has 1 aliphatic heterocycles. The molecule has 1 unspecified atom stereocenters. The fourth-order valence-electron chi connectivity index (χ4n) is 2.71. The van der Waals surface area contributed by atoms with E-state index in [0.717, 1.165) is 11.1 Å². The van der Waals surface area contributed by atoms with Crippen LogP contribution >= 0.6 is 0 Å². The summed E-state index contributed by atoms with van der Waals surface area (Å²) in [4.78, 5) is 24.4. The summed E-state index contributed by atoms with van der Waals surface area (Å²) in [6.07, 6.45) is 0. The summed E-state index contributed by atoms with van der Waals surface area (Å²) in [5.41, 5.74) is 3.33. The molecular weight excluding hydrogens is 330 g/mol. The number of benzene rings is 2. The number of morpholine rings is 1. The van der Waals surface area contributed by atoms with E-state index in [0.29, 0.717) is 37.6 Å². The highest BCUT2D eigenvalue weighted by molar-refractivity contribution is 6.04. The molecule has 1 fully saturated rings. The van der Waals surface area contributed by atoms with E-state index in [-0.39, 0.29) is 17.9 Å². The van der Waals surface area contributed by atoms with Crippen molar-refractivity contribution < 1.29 is 14.3 Å². The summed E-state index contributed by atoms with van der Waals surface area (Å²) >= 11 is 0. The van der Waals surface area contributed by atoms with Gasteiger partial charge in [0, 0.05) is 24.3 Å². The fraction of sp³-hybridized carbons (Fsp3) is 0.300. The Balaban J connectivity index is 1.56. The van der Waals surface area contributed by atoms with Gasteiger partial charge in [0.05, 0.1) is 13.2 Å². The summed E-state index contributed by atoms with van der Waals surface area (Å²) in [5, 5.41) is 8.90. The Morgan fingerprint density at radius 3 is 2.73 bits per heavy atom. The van der Waals surface area contributed by atoms with Gasteiger partial charge in [-0.15, -0.1) is 0 Å². The zero-order valence-electron chi connectivity index (χ0n) is 14.7. The van der Waals surface area contributed by atoms with E-state index >= 15 is 0 Å². The lowest BCUT2D eigenvalue weighted by Gasteiger charge is -2.22. The van der Waals surface area contributed by atoms with Crippen molar-refractivity contribution in [2.45, 2.75) is 19.5 Å². The number of rotatable bonds is 5. The first-order valence-electron chi connectivity index (χ1n) is 8.67. The molecule has 0 radical (unpaired) electrons. The lowest BCUT2D eigenvalue weighted by Crippen LogP contribution is -2.51. The van der Waals surface area contributed by atoms with Crippen LogP contribution < -0.4 is 16.0 Å². The molecule has 136 valence electrons. The van der Waals surface area contributed by atoms with E-state index in [1.54, 1.807) is 12.1 Å². The van der Waals surface area contributed by atoms with E-state index in [4.69, 9.17) is 4.74 Å². The van der Waals surface area contributed by atoms with Gasteiger partial charge in [-0.1, -0.05) is 29.8 Å². The summed E-state index contributed by atoms with van der Waals surface area (Å²) < 4.78 is 5.30. The number of nitrogens with one attached hydrogen (secondary N) is 3. The third-order valence-corrected chi connectivity index (χ3v) is 4.20. The van der Waals surface area contributed by atoms with Crippen molar-refractivity contribution in [2.75, 3.05) is 25.1 Å². The molecule has 2 aromatic carbocycles. The average Bonchev–Trinajstić information content (AvgIpc) is 2.67. The second-order valence-corrected chi connectivity index (χ2v) is 6.32. The number of ether oxygens (including phenoxy) is 1. The molecule has 0 spiro atoms. The molecule has 2 aromatic rings. The maximum absolute atomic E-state index is 12.3. The van der Waals surface area contributed by atoms with Crippen LogP contribution in [0.15, 0.2) is 48.5 Å². The summed E-state index contributed by atoms with van der Waals surface area (Å²) in [5.74, 6) is -0.242. The third-order valence-electron chi connectivity index (χ3n) is 4.20. The van der Waals surface area contributed by atoms with Gasteiger partial charge < -0.3 is 20.7 Å². The Labute approximate surface area is 152 Å². The fourth-order valence-corrected chi connectivity index (χ4v) is 2.71. The van der Waals surface area contributed by atoms with Crippen LogP contribution in [-0.2, 0) is 16.1 Å². The van der Waals surface area contributed by atoms with Gasteiger partial charge in [-0.3, -0.25) is 9.59 Å². The third kappa shape index (κ3) is 4.91. The zero-order valence-corrected chi connectivity index (χ0v) is 14.7. The lowest BCUT2D eigenvalue weighted by molar-refractivity contribution is -0.126. The molecule has 2 amide bonds. The molecule has 1 atom stereocenters. The van der Waals surface area contributed by atoms with Gasteiger partial charge in [0.25, 0.3) is 5.91 Å². The minimum absolute atomic E-state index is 0.0844. The number of carbonyl (C=O) groups is 2. The van der Waals surface area contributed by atoms with Crippen molar-refractivity contribution in [1.82, 2.24) is 10.6 Å². The van der Waals surface area contributed by atoms with Crippen LogP contribution in [0.2, 0.25) is 0 Å². The molecule has 0 bridgehead atoms. The zero-order chi connectivity index (χ0) is 18.4. The van der Waals surface area contributed by atoms with Gasteiger partial charge in [-0.05, 0) is 36.8 Å². The van der Waals surface area contributed by atoms with E-state index in [9.17, 15) is 9.59 Å². The van der Waals surface area contributed by atoms with Crippen LogP contribution in [0.4, 0.5) is 5.69 Å². The minimum atomic E-state index is -0.312. The first-order chi connectivity index (χ1) is 12.6. The molecule has 0 aliphatic carbocycles. The second kappa shape index (κ2) is 8.60. The molecule has 3 rings (SSSR count). The van der Waals surface area contributed by atoms with Gasteiger partial charge in [0.1, 0.15) is 6.04 Å². The molecule has 3 N–H and O–H groups in total. The standard InChI is InChI=1S/C20H23N3O3/c1-14-5-7-16(8-6-14)19(24)23-17-4-2-3-15(11-17)12-22-20(25)18-13-26-10-9-21-18/h2-8,11,18,21H,9-10,12-13H2,1H3,(H,22,25)(H,23,24). The number of aryl methyl sites for hydroxylation is 1. The van der Waals surface area contributed by atoms with Crippen LogP contribution in [0.5, 0.6) is 0 Å². The van der Waals surface area contributed by atoms with Crippen molar-refractivity contribution in [2.24, 2.45) is 0 Å². The number of anilines is 1. The smallest absolute Gasteiger partial charge is 0.255 e. The molecule has 6 nitrogen and oxygen atoms in total. The average molecular weight is 353 g/mol. The maximum Gasteiger partial charge on any atom is 0.255 e. The first-order valence-corrected chi connectivity index (χ1v) is 8.67. The van der Waals surface area contributed by atoms with Crippen LogP contribution in [0.1, 0.15) is 21.5 Å². The van der Waals surface area contributed by atoms with Crippen molar-refractivity contribution in [3.8, 4) is 0 Å². The Morgan fingerprint density at radius 1 is 1.19 bits per heavy atom. The maximum atomic E-state index is 12.3. The highest BCUT2D eigenvalue weighted by Gasteiger charge is 2.20. The molecule has 1 aliphatic rings. The molecule has 1 saturated heterocycles. The lowest BCUT2D eigenvalue weighted by atomic mass is 10.1. The quantitative estimate of drug-likeness (QED) is 0.766. The van der Waals surface area contributed by atoms with Gasteiger partial charge in [-0.2, -0.15) is 0 Å². The molecule has 26 heavy (non-hydrogen) atoms. The van der Waals surface area contributed by atoms with Crippen molar-refractivity contribution >= 4 is 17.5 Å². The number of carbonyl (C=O) groups excluding carboxylic acids is 2. The Hall–Kier alpha value is -2.70. The predicted octanol–water partition coefficient (Wildman–Crippen LogP) is 1.85. The molecule has 6 heteroatoms. The van der Waals surface area contributed by atoms with Gasteiger partial charge in [0.15, 0.2) is 0 Å². The summed E-state index contributed by atoms with van der Waals surface area (Å²) in [6.45, 7) is 4.07. The van der Waals surface area contributed by atoms with Crippen LogP contribution in [0.25, 0.3) is 0 Å². The van der Waals surface area contributed by atoms with E-state index in [1.807, 2.05) is 43.3 Å². The number of hydrogen-bond donors (Lipinski definition) is 3. The highest BCUT2D eigenvalue weighted by atomic mass is 16.5. The SMILES string of the molecule is Cc1ccc(C(=O)Nc2cccc(CNC(=O)C3COCCN3)c2)cc1. The first kappa shape index (κ1) is 18.1.